The summed E-state index contributed by atoms with van der Waals surface area (Å²) in [6, 6.07) is 22.7. The van der Waals surface area contributed by atoms with Crippen LogP contribution in [0.1, 0.15) is 84.0 Å². The summed E-state index contributed by atoms with van der Waals surface area (Å²) < 4.78 is 8.13. The van der Waals surface area contributed by atoms with E-state index in [4.69, 9.17) is 4.74 Å². The normalized spacial score (nSPS) is 22.4. The molecule has 2 N–H and O–H groups in total. The van der Waals surface area contributed by atoms with Gasteiger partial charge in [0.15, 0.2) is 0 Å². The number of H-pyrrole nitrogens is 1. The second-order valence-corrected chi connectivity index (χ2v) is 13.0. The van der Waals surface area contributed by atoms with Gasteiger partial charge in [-0.1, -0.05) is 48.0 Å². The Labute approximate surface area is 265 Å². The van der Waals surface area contributed by atoms with Crippen molar-refractivity contribution in [1.82, 2.24) is 19.4 Å². The Morgan fingerprint density at radius 1 is 0.911 bits per heavy atom. The number of imidazole rings is 1. The standard InChI is InChI=1S/C37H46N4O4/c1-26-10-17-35-30(23-26)25-39(2)20-18-28(27-7-4-3-5-8-27)9-6-19-40(21-22-45-35)36(43)29-11-16-34-33(24-29)38-37(44)41(34)31-12-14-32(42)15-13-31/h3-5,7-8,10-11,16-17,23-24,28,31-32,42H,6,9,12-15,18-22,25H2,1-2H3,(H,38,44). The average Bonchev–Trinajstić information content (AvgIpc) is 3.37. The Hall–Kier alpha value is -3.88. The highest BCUT2D eigenvalue weighted by Gasteiger charge is 2.25. The molecule has 238 valence electrons. The van der Waals surface area contributed by atoms with E-state index in [1.807, 2.05) is 33.7 Å². The van der Waals surface area contributed by atoms with E-state index in [-0.39, 0.29) is 23.7 Å². The number of amides is 1. The van der Waals surface area contributed by atoms with E-state index in [0.29, 0.717) is 49.5 Å². The fourth-order valence-electron chi connectivity index (χ4n) is 7.16. The SMILES string of the molecule is Cc1ccc2c(c1)CN(C)CCC(c1ccccc1)CCCN(C(=O)c1ccc3c(c1)[nH]c(=O)n3C1CCC(O)CC1)CCO2. The lowest BCUT2D eigenvalue weighted by Gasteiger charge is -2.27. The van der Waals surface area contributed by atoms with Gasteiger partial charge in [0.05, 0.1) is 23.7 Å². The number of aromatic amines is 1. The average molecular weight is 611 g/mol. The van der Waals surface area contributed by atoms with Gasteiger partial charge in [-0.05, 0) is 101 Å². The van der Waals surface area contributed by atoms with Crippen molar-refractivity contribution in [3.63, 3.8) is 0 Å². The van der Waals surface area contributed by atoms with Crippen molar-refractivity contribution in [3.8, 4) is 5.75 Å². The van der Waals surface area contributed by atoms with Crippen molar-refractivity contribution >= 4 is 16.9 Å². The molecule has 0 radical (unpaired) electrons. The maximum Gasteiger partial charge on any atom is 0.326 e. The van der Waals surface area contributed by atoms with Crippen LogP contribution in [0.5, 0.6) is 5.75 Å². The monoisotopic (exact) mass is 610 g/mol. The quantitative estimate of drug-likeness (QED) is 0.296. The number of ether oxygens (including phenoxy) is 1. The van der Waals surface area contributed by atoms with Gasteiger partial charge >= 0.3 is 5.69 Å². The van der Waals surface area contributed by atoms with Gasteiger partial charge in [-0.25, -0.2) is 4.79 Å². The molecule has 6 rings (SSSR count). The Morgan fingerprint density at radius 2 is 1.71 bits per heavy atom. The molecule has 3 aromatic carbocycles. The molecular weight excluding hydrogens is 564 g/mol. The maximum atomic E-state index is 14.0. The minimum atomic E-state index is -0.286. The first-order chi connectivity index (χ1) is 21.9. The molecule has 1 saturated carbocycles. The third-order valence-corrected chi connectivity index (χ3v) is 9.67. The van der Waals surface area contributed by atoms with Gasteiger partial charge < -0.3 is 24.6 Å². The molecule has 0 saturated heterocycles. The van der Waals surface area contributed by atoms with Crippen LogP contribution in [0, 0.1) is 6.92 Å². The van der Waals surface area contributed by atoms with Crippen molar-refractivity contribution in [2.45, 2.75) is 76.5 Å². The van der Waals surface area contributed by atoms with Crippen molar-refractivity contribution in [2.24, 2.45) is 0 Å². The van der Waals surface area contributed by atoms with Gasteiger partial charge in [0.2, 0.25) is 0 Å². The van der Waals surface area contributed by atoms with E-state index in [1.54, 1.807) is 0 Å². The predicted octanol–water partition coefficient (Wildman–Crippen LogP) is 6.03. The first-order valence-corrected chi connectivity index (χ1v) is 16.5. The molecular formula is C37H46N4O4. The Morgan fingerprint density at radius 3 is 2.51 bits per heavy atom. The van der Waals surface area contributed by atoms with E-state index >= 15 is 0 Å². The largest absolute Gasteiger partial charge is 0.491 e. The lowest BCUT2D eigenvalue weighted by molar-refractivity contribution is 0.0724. The maximum absolute atomic E-state index is 14.0. The zero-order chi connectivity index (χ0) is 31.3. The van der Waals surface area contributed by atoms with Gasteiger partial charge in [-0.3, -0.25) is 9.36 Å². The van der Waals surface area contributed by atoms with Crippen LogP contribution in [0.3, 0.4) is 0 Å². The van der Waals surface area contributed by atoms with Gasteiger partial charge in [-0.15, -0.1) is 0 Å². The second kappa shape index (κ2) is 14.0. The summed E-state index contributed by atoms with van der Waals surface area (Å²) >= 11 is 0. The summed E-state index contributed by atoms with van der Waals surface area (Å²) in [6.45, 7) is 5.38. The number of aliphatic hydroxyl groups excluding tert-OH is 1. The highest BCUT2D eigenvalue weighted by Crippen LogP contribution is 2.31. The summed E-state index contributed by atoms with van der Waals surface area (Å²) in [5, 5.41) is 9.95. The molecule has 8 nitrogen and oxygen atoms in total. The number of aryl methyl sites for hydroxylation is 1. The number of benzene rings is 3. The number of carbonyl (C=O) groups is 1. The highest BCUT2D eigenvalue weighted by molar-refractivity contribution is 5.97. The Kier molecular flexibility index (Phi) is 9.71. The zero-order valence-electron chi connectivity index (χ0n) is 26.6. The van der Waals surface area contributed by atoms with E-state index < -0.39 is 0 Å². The number of hydrogen-bond donors (Lipinski definition) is 2. The molecule has 1 aromatic heterocycles. The van der Waals surface area contributed by atoms with Crippen LogP contribution in [0.15, 0.2) is 71.5 Å². The summed E-state index contributed by atoms with van der Waals surface area (Å²) in [7, 11) is 2.18. The van der Waals surface area contributed by atoms with Gasteiger partial charge in [0, 0.05) is 30.3 Å². The molecule has 1 unspecified atom stereocenters. The molecule has 1 amide bonds. The molecule has 8 heteroatoms. The summed E-state index contributed by atoms with van der Waals surface area (Å²) in [6.07, 6.45) is 5.56. The number of aliphatic hydroxyl groups is 1. The lowest BCUT2D eigenvalue weighted by atomic mass is 9.90. The van der Waals surface area contributed by atoms with Crippen LogP contribution in [0.4, 0.5) is 0 Å². The van der Waals surface area contributed by atoms with Crippen LogP contribution in [0.2, 0.25) is 0 Å². The summed E-state index contributed by atoms with van der Waals surface area (Å²) in [4.78, 5) is 34.3. The zero-order valence-corrected chi connectivity index (χ0v) is 26.6. The minimum Gasteiger partial charge on any atom is -0.491 e. The summed E-state index contributed by atoms with van der Waals surface area (Å²) in [5.74, 6) is 1.22. The number of nitrogens with zero attached hydrogens (tertiary/aromatic N) is 3. The van der Waals surface area contributed by atoms with Crippen molar-refractivity contribution < 1.29 is 14.6 Å². The second-order valence-electron chi connectivity index (χ2n) is 13.0. The Bertz CT molecular complexity index is 1650. The van der Waals surface area contributed by atoms with Crippen LogP contribution < -0.4 is 10.4 Å². The summed E-state index contributed by atoms with van der Waals surface area (Å²) in [5.41, 5.74) is 5.60. The van der Waals surface area contributed by atoms with Gasteiger partial charge in [0.25, 0.3) is 5.91 Å². The molecule has 0 bridgehead atoms. The molecule has 1 fully saturated rings. The first kappa shape index (κ1) is 31.1. The van der Waals surface area contributed by atoms with E-state index in [9.17, 15) is 14.7 Å². The molecule has 0 spiro atoms. The van der Waals surface area contributed by atoms with Crippen molar-refractivity contribution in [3.05, 3.63) is 99.5 Å². The number of nitrogens with one attached hydrogen (secondary N) is 1. The molecule has 2 heterocycles. The first-order valence-electron chi connectivity index (χ1n) is 16.5. The smallest absolute Gasteiger partial charge is 0.326 e. The Balaban J connectivity index is 1.25. The molecule has 1 aliphatic heterocycles. The fraction of sp³-hybridized carbons (Fsp3) is 0.459. The van der Waals surface area contributed by atoms with Gasteiger partial charge in [-0.2, -0.15) is 0 Å². The molecule has 45 heavy (non-hydrogen) atoms. The predicted molar refractivity (Wildman–Crippen MR) is 178 cm³/mol. The minimum absolute atomic E-state index is 0.0536. The number of hydrogen-bond acceptors (Lipinski definition) is 5. The van der Waals surface area contributed by atoms with E-state index in [0.717, 1.165) is 62.0 Å². The van der Waals surface area contributed by atoms with Crippen LogP contribution in [0.25, 0.3) is 11.0 Å². The van der Waals surface area contributed by atoms with Crippen LogP contribution >= 0.6 is 0 Å². The lowest BCUT2D eigenvalue weighted by Crippen LogP contribution is -2.36. The van der Waals surface area contributed by atoms with E-state index in [1.165, 1.54) is 11.1 Å². The molecule has 2 aliphatic rings. The van der Waals surface area contributed by atoms with Crippen molar-refractivity contribution in [1.29, 1.82) is 0 Å². The van der Waals surface area contributed by atoms with Crippen LogP contribution in [-0.4, -0.2) is 69.8 Å². The number of aromatic nitrogens is 2. The molecule has 4 aromatic rings. The highest BCUT2D eigenvalue weighted by atomic mass is 16.5. The fourth-order valence-corrected chi connectivity index (χ4v) is 7.16. The third-order valence-electron chi connectivity index (χ3n) is 9.67. The van der Waals surface area contributed by atoms with Crippen molar-refractivity contribution in [2.75, 3.05) is 33.3 Å². The number of rotatable bonds is 3. The van der Waals surface area contributed by atoms with Gasteiger partial charge in [0.1, 0.15) is 12.4 Å². The van der Waals surface area contributed by atoms with E-state index in [2.05, 4.69) is 66.3 Å². The molecule has 1 aliphatic carbocycles. The molecule has 1 atom stereocenters. The topological polar surface area (TPSA) is 90.8 Å². The third kappa shape index (κ3) is 7.34. The number of fused-ring (bicyclic) bond motifs is 2. The number of carbonyl (C=O) groups excluding carboxylic acids is 1. The van der Waals surface area contributed by atoms with Crippen LogP contribution in [-0.2, 0) is 6.54 Å².